The van der Waals surface area contributed by atoms with Gasteiger partial charge < -0.3 is 13.7 Å². The van der Waals surface area contributed by atoms with Gasteiger partial charge in [-0.05, 0) is 67.6 Å². The molecular formula is C20H16BrFO5S. The summed E-state index contributed by atoms with van der Waals surface area (Å²) in [7, 11) is -5.08. The van der Waals surface area contributed by atoms with Crippen molar-refractivity contribution >= 4 is 26.4 Å². The van der Waals surface area contributed by atoms with Crippen LogP contribution in [0.4, 0.5) is 3.89 Å². The van der Waals surface area contributed by atoms with Crippen molar-refractivity contribution in [2.24, 2.45) is 0 Å². The first-order chi connectivity index (χ1) is 13.3. The van der Waals surface area contributed by atoms with E-state index < -0.39 is 16.8 Å². The standard InChI is InChI=1S/C20H16BrFO5S/c1-14-2-8-17(9-3-14)25-20(26-18-12-6-16(21)7-13-18)15-4-10-19(11-5-15)27-28(22,23)24/h2-13,20H,1H3. The van der Waals surface area contributed by atoms with E-state index in [9.17, 15) is 12.3 Å². The molecule has 1 unspecified atom stereocenters. The van der Waals surface area contributed by atoms with Gasteiger partial charge in [0, 0.05) is 10.0 Å². The smallest absolute Gasteiger partial charge is 0.451 e. The van der Waals surface area contributed by atoms with Gasteiger partial charge in [-0.1, -0.05) is 37.5 Å². The van der Waals surface area contributed by atoms with E-state index in [1.807, 2.05) is 43.3 Å². The number of rotatable bonds is 7. The Kier molecular flexibility index (Phi) is 6.21. The molecule has 1 atom stereocenters. The lowest BCUT2D eigenvalue weighted by Crippen LogP contribution is -2.15. The molecule has 5 nitrogen and oxygen atoms in total. The topological polar surface area (TPSA) is 61.8 Å². The van der Waals surface area contributed by atoms with Crippen LogP contribution in [-0.2, 0) is 10.5 Å². The Bertz CT molecular complexity index is 972. The molecule has 8 heteroatoms. The largest absolute Gasteiger partial charge is 0.488 e. The van der Waals surface area contributed by atoms with E-state index in [1.165, 1.54) is 24.3 Å². The van der Waals surface area contributed by atoms with E-state index in [0.29, 0.717) is 17.1 Å². The normalized spacial score (nSPS) is 12.2. The molecule has 146 valence electrons. The SMILES string of the molecule is Cc1ccc(OC(Oc2ccc(Br)cc2)c2ccc(OS(=O)(=O)F)cc2)cc1. The van der Waals surface area contributed by atoms with Crippen LogP contribution in [0.2, 0.25) is 0 Å². The van der Waals surface area contributed by atoms with E-state index in [1.54, 1.807) is 12.1 Å². The van der Waals surface area contributed by atoms with Crippen molar-refractivity contribution in [3.05, 3.63) is 88.4 Å². The van der Waals surface area contributed by atoms with Gasteiger partial charge in [0.1, 0.15) is 17.2 Å². The lowest BCUT2D eigenvalue weighted by Gasteiger charge is -2.21. The van der Waals surface area contributed by atoms with Crippen LogP contribution in [0.15, 0.2) is 77.3 Å². The lowest BCUT2D eigenvalue weighted by molar-refractivity contribution is 0.00378. The zero-order valence-corrected chi connectivity index (χ0v) is 17.1. The van der Waals surface area contributed by atoms with Crippen molar-refractivity contribution < 1.29 is 26.0 Å². The summed E-state index contributed by atoms with van der Waals surface area (Å²) >= 11 is 3.37. The first-order valence-electron chi connectivity index (χ1n) is 8.18. The van der Waals surface area contributed by atoms with Gasteiger partial charge in [-0.2, -0.15) is 8.42 Å². The number of hydrogen-bond donors (Lipinski definition) is 0. The number of halogens is 2. The van der Waals surface area contributed by atoms with Crippen molar-refractivity contribution in [2.45, 2.75) is 13.2 Å². The average Bonchev–Trinajstić information content (AvgIpc) is 2.64. The second kappa shape index (κ2) is 8.62. The summed E-state index contributed by atoms with van der Waals surface area (Å²) in [5, 5.41) is 0. The van der Waals surface area contributed by atoms with Gasteiger partial charge in [0.05, 0.1) is 0 Å². The molecule has 0 saturated carbocycles. The zero-order valence-electron chi connectivity index (χ0n) is 14.7. The number of aryl methyl sites for hydroxylation is 1. The fourth-order valence-corrected chi connectivity index (χ4v) is 2.94. The highest BCUT2D eigenvalue weighted by Gasteiger charge is 2.17. The van der Waals surface area contributed by atoms with Gasteiger partial charge in [0.15, 0.2) is 0 Å². The summed E-state index contributed by atoms with van der Waals surface area (Å²) in [6.07, 6.45) is -0.820. The van der Waals surface area contributed by atoms with E-state index in [4.69, 9.17) is 9.47 Å². The third-order valence-electron chi connectivity index (χ3n) is 3.67. The molecule has 0 radical (unpaired) electrons. The maximum Gasteiger partial charge on any atom is 0.488 e. The lowest BCUT2D eigenvalue weighted by atomic mass is 10.2. The molecule has 0 aliphatic rings. The molecule has 3 aromatic carbocycles. The van der Waals surface area contributed by atoms with Crippen LogP contribution in [0, 0.1) is 6.92 Å². The highest BCUT2D eigenvalue weighted by molar-refractivity contribution is 9.10. The Hall–Kier alpha value is -2.58. The third kappa shape index (κ3) is 5.97. The summed E-state index contributed by atoms with van der Waals surface area (Å²) < 4.78 is 50.9. The molecule has 0 amide bonds. The molecule has 0 aliphatic carbocycles. The summed E-state index contributed by atoms with van der Waals surface area (Å²) in [6.45, 7) is 1.97. The highest BCUT2D eigenvalue weighted by Crippen LogP contribution is 2.28. The monoisotopic (exact) mass is 466 g/mol. The zero-order chi connectivity index (χ0) is 20.1. The Morgan fingerprint density at radius 3 is 1.75 bits per heavy atom. The maximum absolute atomic E-state index is 12.7. The Morgan fingerprint density at radius 2 is 1.25 bits per heavy atom. The minimum Gasteiger partial charge on any atom is -0.451 e. The summed E-state index contributed by atoms with van der Waals surface area (Å²) in [4.78, 5) is 0. The predicted molar refractivity (Wildman–Crippen MR) is 106 cm³/mol. The summed E-state index contributed by atoms with van der Waals surface area (Å²) in [6, 6.07) is 20.4. The van der Waals surface area contributed by atoms with Gasteiger partial charge in [-0.25, -0.2) is 0 Å². The molecule has 28 heavy (non-hydrogen) atoms. The molecule has 3 aromatic rings. The first kappa shape index (κ1) is 20.2. The van der Waals surface area contributed by atoms with Crippen LogP contribution < -0.4 is 13.7 Å². The van der Waals surface area contributed by atoms with Gasteiger partial charge >= 0.3 is 10.5 Å². The van der Waals surface area contributed by atoms with Crippen LogP contribution in [0.5, 0.6) is 17.2 Å². The van der Waals surface area contributed by atoms with Crippen LogP contribution in [0.3, 0.4) is 0 Å². The Morgan fingerprint density at radius 1 is 0.786 bits per heavy atom. The van der Waals surface area contributed by atoms with Gasteiger partial charge in [-0.3, -0.25) is 0 Å². The predicted octanol–water partition coefficient (Wildman–Crippen LogP) is 5.51. The van der Waals surface area contributed by atoms with E-state index in [0.717, 1.165) is 10.0 Å². The van der Waals surface area contributed by atoms with Crippen LogP contribution in [0.25, 0.3) is 0 Å². The second-order valence-electron chi connectivity index (χ2n) is 5.88. The molecule has 0 aromatic heterocycles. The molecule has 0 fully saturated rings. The number of hydrogen-bond acceptors (Lipinski definition) is 5. The minimum absolute atomic E-state index is 0.149. The quantitative estimate of drug-likeness (QED) is 0.339. The van der Waals surface area contributed by atoms with Crippen molar-refractivity contribution in [3.63, 3.8) is 0 Å². The molecule has 0 spiro atoms. The summed E-state index contributed by atoms with van der Waals surface area (Å²) in [5.74, 6) is 1.02. The van der Waals surface area contributed by atoms with Crippen LogP contribution in [0.1, 0.15) is 17.4 Å². The van der Waals surface area contributed by atoms with Crippen molar-refractivity contribution in [1.29, 1.82) is 0 Å². The molecule has 3 rings (SSSR count). The Labute approximate surface area is 171 Å². The van der Waals surface area contributed by atoms with E-state index in [2.05, 4.69) is 20.1 Å². The number of ether oxygens (including phenoxy) is 2. The van der Waals surface area contributed by atoms with Gasteiger partial charge in [-0.15, -0.1) is 0 Å². The van der Waals surface area contributed by atoms with Crippen molar-refractivity contribution in [2.75, 3.05) is 0 Å². The third-order valence-corrected chi connectivity index (χ3v) is 4.59. The second-order valence-corrected chi connectivity index (χ2v) is 7.75. The maximum atomic E-state index is 12.7. The first-order valence-corrected chi connectivity index (χ1v) is 10.3. The molecule has 0 heterocycles. The van der Waals surface area contributed by atoms with Crippen LogP contribution >= 0.6 is 15.9 Å². The number of benzene rings is 3. The summed E-state index contributed by atoms with van der Waals surface area (Å²) in [5.41, 5.74) is 1.68. The van der Waals surface area contributed by atoms with Crippen LogP contribution in [-0.4, -0.2) is 8.42 Å². The molecule has 0 bridgehead atoms. The van der Waals surface area contributed by atoms with Gasteiger partial charge in [0.25, 0.3) is 6.29 Å². The molecule has 0 aliphatic heterocycles. The van der Waals surface area contributed by atoms with Crippen molar-refractivity contribution in [3.8, 4) is 17.2 Å². The van der Waals surface area contributed by atoms with E-state index >= 15 is 0 Å². The molecular weight excluding hydrogens is 451 g/mol. The van der Waals surface area contributed by atoms with Gasteiger partial charge in [0.2, 0.25) is 0 Å². The van der Waals surface area contributed by atoms with Crippen molar-refractivity contribution in [1.82, 2.24) is 0 Å². The van der Waals surface area contributed by atoms with E-state index in [-0.39, 0.29) is 5.75 Å². The highest BCUT2D eigenvalue weighted by atomic mass is 79.9. The minimum atomic E-state index is -5.08. The fraction of sp³-hybridized carbons (Fsp3) is 0.100. The Balaban J connectivity index is 1.86. The average molecular weight is 467 g/mol. The molecule has 0 N–H and O–H groups in total. The molecule has 0 saturated heterocycles. The fourth-order valence-electron chi connectivity index (χ4n) is 2.33.